The van der Waals surface area contributed by atoms with Crippen LogP contribution in [0, 0.1) is 5.92 Å². The van der Waals surface area contributed by atoms with Gasteiger partial charge in [0, 0.05) is 22.9 Å². The molecule has 1 atom stereocenters. The van der Waals surface area contributed by atoms with E-state index in [1.165, 1.54) is 5.56 Å². The minimum absolute atomic E-state index is 0.106. The number of nitrogens with zero attached hydrogens (tertiary/aromatic N) is 3. The third kappa shape index (κ3) is 5.40. The number of nitrogens with one attached hydrogen (secondary N) is 1. The highest BCUT2D eigenvalue weighted by molar-refractivity contribution is 7.98. The molecule has 0 fully saturated rings. The monoisotopic (exact) mass is 428 g/mol. The van der Waals surface area contributed by atoms with Gasteiger partial charge in [-0.05, 0) is 42.7 Å². The van der Waals surface area contributed by atoms with Crippen molar-refractivity contribution in [3.63, 3.8) is 0 Å². The summed E-state index contributed by atoms with van der Waals surface area (Å²) in [5.41, 5.74) is 1.81. The molecule has 1 N–H and O–H groups in total. The molecule has 0 aliphatic carbocycles. The van der Waals surface area contributed by atoms with E-state index in [4.69, 9.17) is 11.6 Å². The Bertz CT molecular complexity index is 941. The summed E-state index contributed by atoms with van der Waals surface area (Å²) in [5, 5.41) is 13.5. The highest BCUT2D eigenvalue weighted by atomic mass is 35.5. The number of carbonyl (C=O) groups is 1. The first-order chi connectivity index (χ1) is 14.0. The summed E-state index contributed by atoms with van der Waals surface area (Å²) in [6.45, 7) is 6.95. The second-order valence-corrected chi connectivity index (χ2v) is 8.44. The molecule has 0 bridgehead atoms. The van der Waals surface area contributed by atoms with Gasteiger partial charge in [0.1, 0.15) is 0 Å². The van der Waals surface area contributed by atoms with Crippen molar-refractivity contribution in [3.05, 3.63) is 76.6 Å². The average Bonchev–Trinajstić information content (AvgIpc) is 3.14. The normalized spacial score (nSPS) is 12.2. The van der Waals surface area contributed by atoms with Crippen LogP contribution in [0.3, 0.4) is 0 Å². The van der Waals surface area contributed by atoms with Crippen molar-refractivity contribution >= 4 is 29.3 Å². The van der Waals surface area contributed by atoms with Crippen LogP contribution >= 0.6 is 23.4 Å². The van der Waals surface area contributed by atoms with Gasteiger partial charge in [-0.15, -0.1) is 10.2 Å². The Balaban J connectivity index is 1.78. The van der Waals surface area contributed by atoms with E-state index in [2.05, 4.69) is 40.9 Å². The zero-order chi connectivity index (χ0) is 20.8. The number of aromatic nitrogens is 3. The number of benzene rings is 2. The molecule has 0 spiro atoms. The lowest BCUT2D eigenvalue weighted by Crippen LogP contribution is -2.33. The van der Waals surface area contributed by atoms with Crippen LogP contribution in [0.2, 0.25) is 5.02 Å². The molecular weight excluding hydrogens is 404 g/mol. The van der Waals surface area contributed by atoms with Gasteiger partial charge in [0.25, 0.3) is 5.91 Å². The Morgan fingerprint density at radius 1 is 1.10 bits per heavy atom. The van der Waals surface area contributed by atoms with E-state index < -0.39 is 0 Å². The van der Waals surface area contributed by atoms with Gasteiger partial charge >= 0.3 is 0 Å². The van der Waals surface area contributed by atoms with Gasteiger partial charge in [-0.3, -0.25) is 4.79 Å². The summed E-state index contributed by atoms with van der Waals surface area (Å²) in [6, 6.07) is 16.8. The minimum atomic E-state index is -0.222. The van der Waals surface area contributed by atoms with Crippen molar-refractivity contribution in [2.24, 2.45) is 5.92 Å². The molecule has 3 aromatic rings. The lowest BCUT2D eigenvalue weighted by atomic mass is 10.0. The van der Waals surface area contributed by atoms with Gasteiger partial charge in [0.15, 0.2) is 11.0 Å². The second kappa shape index (κ2) is 9.94. The van der Waals surface area contributed by atoms with Crippen LogP contribution in [0.5, 0.6) is 0 Å². The largest absolute Gasteiger partial charge is 0.342 e. The number of amides is 1. The van der Waals surface area contributed by atoms with Gasteiger partial charge in [-0.2, -0.15) is 0 Å². The van der Waals surface area contributed by atoms with E-state index in [9.17, 15) is 4.79 Å². The highest BCUT2D eigenvalue weighted by Gasteiger charge is 2.26. The molecule has 29 heavy (non-hydrogen) atoms. The van der Waals surface area contributed by atoms with E-state index in [1.54, 1.807) is 11.8 Å². The van der Waals surface area contributed by atoms with Crippen molar-refractivity contribution in [2.45, 2.75) is 44.3 Å². The molecule has 1 heterocycles. The molecule has 0 saturated heterocycles. The number of rotatable bonds is 8. The molecular formula is C22H25ClN4OS. The maximum atomic E-state index is 12.7. The quantitative estimate of drug-likeness (QED) is 0.490. The summed E-state index contributed by atoms with van der Waals surface area (Å²) in [5.74, 6) is 1.62. The molecule has 7 heteroatoms. The van der Waals surface area contributed by atoms with Gasteiger partial charge in [-0.25, -0.2) is 0 Å². The SMILES string of the molecule is CCn1c(SCc2ccc(Cl)cc2)nnc1[C@H](NC(=O)c1ccccc1)C(C)C. The molecule has 3 rings (SSSR count). The summed E-state index contributed by atoms with van der Waals surface area (Å²) in [7, 11) is 0. The topological polar surface area (TPSA) is 59.8 Å². The van der Waals surface area contributed by atoms with E-state index in [1.807, 2.05) is 54.6 Å². The third-order valence-corrected chi connectivity index (χ3v) is 5.90. The zero-order valence-electron chi connectivity index (χ0n) is 16.8. The molecule has 2 aromatic carbocycles. The fourth-order valence-electron chi connectivity index (χ4n) is 3.01. The number of hydrogen-bond donors (Lipinski definition) is 1. The Hall–Kier alpha value is -2.31. The number of halogens is 1. The summed E-state index contributed by atoms with van der Waals surface area (Å²) in [4.78, 5) is 12.7. The fraction of sp³-hybridized carbons (Fsp3) is 0.318. The molecule has 152 valence electrons. The van der Waals surface area contributed by atoms with Crippen LogP contribution in [-0.4, -0.2) is 20.7 Å². The van der Waals surface area contributed by atoms with Crippen LogP contribution in [0.1, 0.15) is 48.6 Å². The molecule has 0 saturated carbocycles. The van der Waals surface area contributed by atoms with Gasteiger partial charge < -0.3 is 9.88 Å². The number of carbonyl (C=O) groups excluding carboxylic acids is 1. The summed E-state index contributed by atoms with van der Waals surface area (Å²) >= 11 is 7.59. The Morgan fingerprint density at radius 3 is 2.41 bits per heavy atom. The summed E-state index contributed by atoms with van der Waals surface area (Å²) in [6.07, 6.45) is 0. The van der Waals surface area contributed by atoms with Crippen molar-refractivity contribution < 1.29 is 4.79 Å². The number of thioether (sulfide) groups is 1. The maximum absolute atomic E-state index is 12.7. The Kier molecular flexibility index (Phi) is 7.34. The molecule has 0 unspecified atom stereocenters. The molecule has 0 aliphatic heterocycles. The molecule has 1 aromatic heterocycles. The van der Waals surface area contributed by atoms with Crippen LogP contribution < -0.4 is 5.32 Å². The van der Waals surface area contributed by atoms with Crippen molar-refractivity contribution in [2.75, 3.05) is 0 Å². The smallest absolute Gasteiger partial charge is 0.251 e. The molecule has 0 radical (unpaired) electrons. The van der Waals surface area contributed by atoms with E-state index in [0.29, 0.717) is 5.56 Å². The van der Waals surface area contributed by atoms with E-state index in [-0.39, 0.29) is 17.9 Å². The minimum Gasteiger partial charge on any atom is -0.342 e. The third-order valence-electron chi connectivity index (χ3n) is 4.61. The average molecular weight is 429 g/mol. The van der Waals surface area contributed by atoms with E-state index in [0.717, 1.165) is 28.3 Å². The van der Waals surface area contributed by atoms with Crippen molar-refractivity contribution in [1.82, 2.24) is 20.1 Å². The van der Waals surface area contributed by atoms with Crippen LogP contribution in [-0.2, 0) is 12.3 Å². The Morgan fingerprint density at radius 2 is 1.79 bits per heavy atom. The van der Waals surface area contributed by atoms with Gasteiger partial charge in [0.05, 0.1) is 6.04 Å². The maximum Gasteiger partial charge on any atom is 0.251 e. The van der Waals surface area contributed by atoms with Crippen LogP contribution in [0.15, 0.2) is 59.8 Å². The molecule has 5 nitrogen and oxygen atoms in total. The molecule has 1 amide bonds. The first kappa shape index (κ1) is 21.4. The van der Waals surface area contributed by atoms with E-state index >= 15 is 0 Å². The second-order valence-electron chi connectivity index (χ2n) is 7.06. The predicted molar refractivity (Wildman–Crippen MR) is 118 cm³/mol. The van der Waals surface area contributed by atoms with Gasteiger partial charge in [-0.1, -0.05) is 67.5 Å². The first-order valence-electron chi connectivity index (χ1n) is 9.65. The first-order valence-corrected chi connectivity index (χ1v) is 11.0. The lowest BCUT2D eigenvalue weighted by Gasteiger charge is -2.22. The Labute approximate surface area is 180 Å². The lowest BCUT2D eigenvalue weighted by molar-refractivity contribution is 0.0922. The van der Waals surface area contributed by atoms with Crippen LogP contribution in [0.25, 0.3) is 0 Å². The van der Waals surface area contributed by atoms with Gasteiger partial charge in [0.2, 0.25) is 0 Å². The predicted octanol–water partition coefficient (Wildman–Crippen LogP) is 5.37. The number of hydrogen-bond acceptors (Lipinski definition) is 4. The van der Waals surface area contributed by atoms with Crippen molar-refractivity contribution in [1.29, 1.82) is 0 Å². The van der Waals surface area contributed by atoms with Crippen LogP contribution in [0.4, 0.5) is 0 Å². The standard InChI is InChI=1S/C22H25ClN4OS/c1-4-27-20(19(15(2)3)24-21(28)17-8-6-5-7-9-17)25-26-22(27)29-14-16-10-12-18(23)13-11-16/h5-13,15,19H,4,14H2,1-3H3,(H,24,28)/t19-/m1/s1. The zero-order valence-corrected chi connectivity index (χ0v) is 18.4. The van der Waals surface area contributed by atoms with Crippen molar-refractivity contribution in [3.8, 4) is 0 Å². The summed E-state index contributed by atoms with van der Waals surface area (Å²) < 4.78 is 2.08. The highest BCUT2D eigenvalue weighted by Crippen LogP contribution is 2.27. The fourth-order valence-corrected chi connectivity index (χ4v) is 4.10. The molecule has 0 aliphatic rings.